The van der Waals surface area contributed by atoms with Crippen LogP contribution in [0.4, 0.5) is 5.82 Å². The number of pyridine rings is 1. The lowest BCUT2D eigenvalue weighted by molar-refractivity contribution is -0.198. The molecule has 2 saturated heterocycles. The van der Waals surface area contributed by atoms with Crippen molar-refractivity contribution < 1.29 is 19.2 Å². The highest BCUT2D eigenvalue weighted by atomic mass is 35.5. The van der Waals surface area contributed by atoms with Crippen molar-refractivity contribution in [3.8, 4) is 0 Å². The molecule has 3 heterocycles. The number of hydrogen-bond donors (Lipinski definition) is 2. The van der Waals surface area contributed by atoms with E-state index in [4.69, 9.17) is 21.2 Å². The number of likely N-dealkylation sites (tertiary alicyclic amines) is 1. The van der Waals surface area contributed by atoms with Crippen LogP contribution in [0.1, 0.15) is 56.9 Å². The zero-order valence-corrected chi connectivity index (χ0v) is 22.7. The lowest BCUT2D eigenvalue weighted by atomic mass is 9.81. The van der Waals surface area contributed by atoms with Crippen LogP contribution >= 0.6 is 11.6 Å². The number of ether oxygens (including phenoxy) is 1. The zero-order chi connectivity index (χ0) is 26.2. The Labute approximate surface area is 224 Å². The highest BCUT2D eigenvalue weighted by molar-refractivity contribution is 6.33. The number of hydrogen-bond acceptors (Lipinski definition) is 7. The summed E-state index contributed by atoms with van der Waals surface area (Å²) in [5.74, 6) is 1.36. The van der Waals surface area contributed by atoms with Gasteiger partial charge >= 0.3 is 0 Å². The van der Waals surface area contributed by atoms with Crippen molar-refractivity contribution in [1.29, 1.82) is 0 Å². The summed E-state index contributed by atoms with van der Waals surface area (Å²) in [6, 6.07) is 1.88. The number of nitrogens with zero attached hydrogens (tertiary/aromatic N) is 3. The second-order valence-electron chi connectivity index (χ2n) is 10.7. The molecule has 0 spiro atoms. The van der Waals surface area contributed by atoms with Crippen LogP contribution in [0.5, 0.6) is 0 Å². The van der Waals surface area contributed by atoms with Gasteiger partial charge in [-0.15, -0.1) is 0 Å². The lowest BCUT2D eigenvalue weighted by Gasteiger charge is -2.31. The quantitative estimate of drug-likeness (QED) is 0.369. The van der Waals surface area contributed by atoms with E-state index in [0.29, 0.717) is 41.4 Å². The molecule has 1 aromatic heterocycles. The summed E-state index contributed by atoms with van der Waals surface area (Å²) in [7, 11) is 4.23. The third-order valence-electron chi connectivity index (χ3n) is 7.38. The fraction of sp³-hybridized carbons (Fsp3) is 0.667. The van der Waals surface area contributed by atoms with Crippen molar-refractivity contribution in [2.24, 2.45) is 11.8 Å². The van der Waals surface area contributed by atoms with Gasteiger partial charge in [0.1, 0.15) is 5.82 Å². The molecule has 4 rings (SSSR count). The van der Waals surface area contributed by atoms with Crippen molar-refractivity contribution in [2.45, 2.75) is 63.7 Å². The molecule has 2 amide bonds. The number of aromatic nitrogens is 1. The third kappa shape index (κ3) is 8.40. The van der Waals surface area contributed by atoms with Gasteiger partial charge in [-0.3, -0.25) is 9.59 Å². The van der Waals surface area contributed by atoms with Crippen LogP contribution in [0.3, 0.4) is 0 Å². The Kier molecular flexibility index (Phi) is 10.2. The van der Waals surface area contributed by atoms with E-state index < -0.39 is 6.29 Å². The van der Waals surface area contributed by atoms with Crippen molar-refractivity contribution in [2.75, 3.05) is 45.7 Å². The molecule has 0 bridgehead atoms. The Hall–Kier alpha value is -2.20. The summed E-state index contributed by atoms with van der Waals surface area (Å²) < 4.78 is 5.42. The van der Waals surface area contributed by atoms with Crippen molar-refractivity contribution >= 4 is 35.3 Å². The predicted octanol–water partition coefficient (Wildman–Crippen LogP) is 3.70. The van der Waals surface area contributed by atoms with Gasteiger partial charge < -0.3 is 19.9 Å². The first-order valence-corrected chi connectivity index (χ1v) is 13.9. The van der Waals surface area contributed by atoms with Crippen LogP contribution in [-0.2, 0) is 19.2 Å². The first kappa shape index (κ1) is 27.8. The van der Waals surface area contributed by atoms with Crippen LogP contribution in [0, 0.1) is 11.8 Å². The molecule has 1 unspecified atom stereocenters. The molecule has 2 N–H and O–H groups in total. The van der Waals surface area contributed by atoms with Gasteiger partial charge in [0.05, 0.1) is 5.02 Å². The zero-order valence-electron chi connectivity index (χ0n) is 22.0. The van der Waals surface area contributed by atoms with Crippen LogP contribution in [-0.4, -0.2) is 79.3 Å². The summed E-state index contributed by atoms with van der Waals surface area (Å²) in [6.07, 6.45) is 12.2. The van der Waals surface area contributed by atoms with Gasteiger partial charge in [-0.05, 0) is 82.7 Å². The van der Waals surface area contributed by atoms with Gasteiger partial charge in [-0.1, -0.05) is 11.6 Å². The number of amides is 2. The summed E-state index contributed by atoms with van der Waals surface area (Å²) in [4.78, 5) is 39.1. The van der Waals surface area contributed by atoms with E-state index in [1.54, 1.807) is 18.3 Å². The average molecular weight is 534 g/mol. The number of carbonyl (C=O) groups is 2. The largest absolute Gasteiger partial charge is 0.364 e. The van der Waals surface area contributed by atoms with Gasteiger partial charge in [0.2, 0.25) is 5.91 Å². The molecular formula is C27H40ClN5O4. The van der Waals surface area contributed by atoms with Crippen molar-refractivity contribution in [1.82, 2.24) is 20.3 Å². The SMILES string of the molecule is CN(C)CC1CCC(C(=O)N2CC[C@@H](Nc3ncc(C=CC(=O)NOC4CCCCO4)cc3Cl)C2)CC1. The number of rotatable bonds is 9. The number of halogens is 1. The normalized spacial score (nSPS) is 26.5. The molecule has 2 aliphatic heterocycles. The second-order valence-corrected chi connectivity index (χ2v) is 11.1. The summed E-state index contributed by atoms with van der Waals surface area (Å²) in [5, 5.41) is 3.87. The molecule has 204 valence electrons. The van der Waals surface area contributed by atoms with Crippen LogP contribution in [0.2, 0.25) is 5.02 Å². The average Bonchev–Trinajstić information content (AvgIpc) is 3.36. The van der Waals surface area contributed by atoms with E-state index in [-0.39, 0.29) is 17.9 Å². The van der Waals surface area contributed by atoms with E-state index in [2.05, 4.69) is 34.8 Å². The van der Waals surface area contributed by atoms with Gasteiger partial charge in [0, 0.05) is 56.9 Å². The van der Waals surface area contributed by atoms with Gasteiger partial charge in [0.15, 0.2) is 6.29 Å². The molecule has 10 heteroatoms. The van der Waals surface area contributed by atoms with Gasteiger partial charge in [-0.2, -0.15) is 0 Å². The maximum atomic E-state index is 13.1. The standard InChI is InChI=1S/C27H40ClN5O4/c1-32(2)17-19-6-9-21(10-7-19)27(35)33-13-12-22(18-33)30-26-23(28)15-20(16-29-26)8-11-24(34)31-37-25-5-3-4-14-36-25/h8,11,15-16,19,21-22,25H,3-7,9-10,12-14,17-18H2,1-2H3,(H,29,30)(H,31,34)/t19?,21?,22-,25?/m1/s1. The Morgan fingerprint density at radius 3 is 2.73 bits per heavy atom. The summed E-state index contributed by atoms with van der Waals surface area (Å²) >= 11 is 6.47. The van der Waals surface area contributed by atoms with Crippen LogP contribution in [0.15, 0.2) is 18.3 Å². The fourth-order valence-corrected chi connectivity index (χ4v) is 5.65. The molecular weight excluding hydrogens is 494 g/mol. The molecule has 9 nitrogen and oxygen atoms in total. The van der Waals surface area contributed by atoms with E-state index in [0.717, 1.165) is 64.5 Å². The highest BCUT2D eigenvalue weighted by Crippen LogP contribution is 2.32. The minimum absolute atomic E-state index is 0.116. The minimum atomic E-state index is -0.391. The number of hydroxylamine groups is 1. The van der Waals surface area contributed by atoms with E-state index >= 15 is 0 Å². The Balaban J connectivity index is 1.21. The molecule has 0 radical (unpaired) electrons. The number of carbonyl (C=O) groups excluding carboxylic acids is 2. The molecule has 1 aliphatic carbocycles. The maximum Gasteiger partial charge on any atom is 0.267 e. The summed E-state index contributed by atoms with van der Waals surface area (Å²) in [5.41, 5.74) is 3.09. The van der Waals surface area contributed by atoms with Crippen molar-refractivity contribution in [3.63, 3.8) is 0 Å². The maximum absolute atomic E-state index is 13.1. The molecule has 3 fully saturated rings. The van der Waals surface area contributed by atoms with E-state index in [1.165, 1.54) is 6.08 Å². The molecule has 1 aromatic rings. The van der Waals surface area contributed by atoms with Gasteiger partial charge in [-0.25, -0.2) is 15.3 Å². The monoisotopic (exact) mass is 533 g/mol. The molecule has 0 aromatic carbocycles. The van der Waals surface area contributed by atoms with Crippen LogP contribution in [0.25, 0.3) is 6.08 Å². The smallest absolute Gasteiger partial charge is 0.267 e. The first-order valence-electron chi connectivity index (χ1n) is 13.5. The number of anilines is 1. The molecule has 3 aliphatic rings. The Morgan fingerprint density at radius 2 is 2.03 bits per heavy atom. The van der Waals surface area contributed by atoms with E-state index in [9.17, 15) is 9.59 Å². The minimum Gasteiger partial charge on any atom is -0.364 e. The van der Waals surface area contributed by atoms with Crippen LogP contribution < -0.4 is 10.8 Å². The highest BCUT2D eigenvalue weighted by Gasteiger charge is 2.33. The Morgan fingerprint density at radius 1 is 1.22 bits per heavy atom. The predicted molar refractivity (Wildman–Crippen MR) is 144 cm³/mol. The lowest BCUT2D eigenvalue weighted by Crippen LogP contribution is -2.38. The van der Waals surface area contributed by atoms with Crippen molar-refractivity contribution in [3.05, 3.63) is 28.9 Å². The molecule has 1 saturated carbocycles. The topological polar surface area (TPSA) is 96.0 Å². The molecule has 2 atom stereocenters. The first-order chi connectivity index (χ1) is 17.9. The number of nitrogens with one attached hydrogen (secondary N) is 2. The second kappa shape index (κ2) is 13.6. The van der Waals surface area contributed by atoms with E-state index in [1.807, 2.05) is 4.90 Å². The fourth-order valence-electron chi connectivity index (χ4n) is 5.42. The summed E-state index contributed by atoms with van der Waals surface area (Å²) in [6.45, 7) is 3.18. The third-order valence-corrected chi connectivity index (χ3v) is 7.67. The van der Waals surface area contributed by atoms with Gasteiger partial charge in [0.25, 0.3) is 5.91 Å². The Bertz CT molecular complexity index is 945. The molecule has 37 heavy (non-hydrogen) atoms.